The number of pyridine rings is 1. The molecule has 1 heterocycles. The van der Waals surface area contributed by atoms with E-state index in [1.807, 2.05) is 0 Å². The first-order valence-electron chi connectivity index (χ1n) is 6.67. The van der Waals surface area contributed by atoms with Crippen LogP contribution in [0.5, 0.6) is 11.6 Å². The predicted octanol–water partition coefficient (Wildman–Crippen LogP) is 3.52. The van der Waals surface area contributed by atoms with Crippen LogP contribution in [0.4, 0.5) is 18.9 Å². The molecular weight excluding hydrogens is 311 g/mol. The van der Waals surface area contributed by atoms with Gasteiger partial charge in [0, 0.05) is 6.07 Å². The zero-order chi connectivity index (χ0) is 16.9. The van der Waals surface area contributed by atoms with Crippen molar-refractivity contribution in [2.45, 2.75) is 13.1 Å². The molecule has 0 aliphatic carbocycles. The van der Waals surface area contributed by atoms with Crippen LogP contribution in [0.1, 0.15) is 12.6 Å². The van der Waals surface area contributed by atoms with Crippen LogP contribution >= 0.6 is 0 Å². The van der Waals surface area contributed by atoms with Crippen molar-refractivity contribution in [2.24, 2.45) is 10.7 Å². The largest absolute Gasteiger partial charge is 0.478 e. The van der Waals surface area contributed by atoms with Crippen LogP contribution in [-0.2, 0) is 6.18 Å². The minimum Gasteiger partial charge on any atom is -0.478 e. The van der Waals surface area contributed by atoms with Crippen molar-refractivity contribution < 1.29 is 22.6 Å². The van der Waals surface area contributed by atoms with Gasteiger partial charge < -0.3 is 15.2 Å². The van der Waals surface area contributed by atoms with Crippen LogP contribution in [0, 0.1) is 0 Å². The Hall–Kier alpha value is -2.77. The van der Waals surface area contributed by atoms with Crippen molar-refractivity contribution in [3.63, 3.8) is 0 Å². The second kappa shape index (κ2) is 6.99. The second-order valence-corrected chi connectivity index (χ2v) is 4.34. The maximum atomic E-state index is 12.8. The average molecular weight is 325 g/mol. The first kappa shape index (κ1) is 16.6. The van der Waals surface area contributed by atoms with E-state index in [0.717, 1.165) is 6.07 Å². The molecule has 122 valence electrons. The molecule has 23 heavy (non-hydrogen) atoms. The van der Waals surface area contributed by atoms with Gasteiger partial charge in [0.15, 0.2) is 5.69 Å². The molecule has 0 amide bonds. The van der Waals surface area contributed by atoms with Gasteiger partial charge in [-0.3, -0.25) is 0 Å². The topological polar surface area (TPSA) is 69.7 Å². The minimum absolute atomic E-state index is 0.0655. The lowest BCUT2D eigenvalue weighted by atomic mass is 10.3. The number of alkyl halides is 3. The Morgan fingerprint density at radius 2 is 1.91 bits per heavy atom. The molecule has 0 aliphatic heterocycles. The zero-order valence-corrected chi connectivity index (χ0v) is 12.2. The molecule has 0 saturated carbocycles. The van der Waals surface area contributed by atoms with E-state index in [9.17, 15) is 13.2 Å². The summed E-state index contributed by atoms with van der Waals surface area (Å²) >= 11 is 0. The Balaban J connectivity index is 2.30. The van der Waals surface area contributed by atoms with Gasteiger partial charge in [-0.2, -0.15) is 18.2 Å². The van der Waals surface area contributed by atoms with E-state index in [1.165, 1.54) is 6.07 Å². The summed E-state index contributed by atoms with van der Waals surface area (Å²) in [6, 6.07) is 10.2. The van der Waals surface area contributed by atoms with Crippen LogP contribution < -0.4 is 15.2 Å². The molecule has 0 spiro atoms. The highest BCUT2D eigenvalue weighted by Gasteiger charge is 2.33. The molecule has 2 N–H and O–H groups in total. The molecule has 0 radical (unpaired) electrons. The number of amidine groups is 1. The number of para-hydroxylation sites is 1. The maximum absolute atomic E-state index is 12.8. The van der Waals surface area contributed by atoms with Crippen LogP contribution in [0.15, 0.2) is 47.5 Å². The standard InChI is InChI=1S/C15H14F3N3O2/c1-2-22-13-9-10(8-12(21-13)15(16,17)18)20-14(19)23-11-6-4-3-5-7-11/h3-9H,2H2,1H3,(H2,19,20,21). The number of halogens is 3. The van der Waals surface area contributed by atoms with E-state index in [2.05, 4.69) is 9.98 Å². The first-order chi connectivity index (χ1) is 10.9. The van der Waals surface area contributed by atoms with Gasteiger partial charge in [0.2, 0.25) is 5.88 Å². The SMILES string of the molecule is CCOc1cc(N=C(N)Oc2ccccc2)cc(C(F)(F)F)n1. The number of nitrogens with zero attached hydrogens (tertiary/aromatic N) is 2. The highest BCUT2D eigenvalue weighted by Crippen LogP contribution is 2.32. The number of aliphatic imine (C=N–C) groups is 1. The molecule has 2 aromatic rings. The van der Waals surface area contributed by atoms with Gasteiger partial charge in [-0.15, -0.1) is 0 Å². The average Bonchev–Trinajstić information content (AvgIpc) is 2.47. The van der Waals surface area contributed by atoms with Gasteiger partial charge in [0.1, 0.15) is 5.75 Å². The van der Waals surface area contributed by atoms with Gasteiger partial charge in [0.25, 0.3) is 6.02 Å². The highest BCUT2D eigenvalue weighted by molar-refractivity contribution is 5.77. The fourth-order valence-electron chi connectivity index (χ4n) is 1.68. The van der Waals surface area contributed by atoms with Crippen molar-refractivity contribution in [2.75, 3.05) is 6.61 Å². The number of benzene rings is 1. The van der Waals surface area contributed by atoms with E-state index < -0.39 is 11.9 Å². The van der Waals surface area contributed by atoms with Crippen molar-refractivity contribution in [3.8, 4) is 11.6 Å². The number of hydrogen-bond donors (Lipinski definition) is 1. The molecule has 0 saturated heterocycles. The van der Waals surface area contributed by atoms with Crippen LogP contribution in [0.3, 0.4) is 0 Å². The monoisotopic (exact) mass is 325 g/mol. The Kier molecular flexibility index (Phi) is 5.05. The predicted molar refractivity (Wildman–Crippen MR) is 78.8 cm³/mol. The first-order valence-corrected chi connectivity index (χ1v) is 6.67. The van der Waals surface area contributed by atoms with Crippen molar-refractivity contribution >= 4 is 11.7 Å². The normalized spacial score (nSPS) is 12.1. The van der Waals surface area contributed by atoms with Crippen molar-refractivity contribution in [1.29, 1.82) is 0 Å². The van der Waals surface area contributed by atoms with Crippen LogP contribution in [-0.4, -0.2) is 17.6 Å². The Morgan fingerprint density at radius 3 is 2.52 bits per heavy atom. The van der Waals surface area contributed by atoms with E-state index in [0.29, 0.717) is 5.75 Å². The number of hydrogen-bond acceptors (Lipinski definition) is 4. The summed E-state index contributed by atoms with van der Waals surface area (Å²) in [6.07, 6.45) is -4.62. The summed E-state index contributed by atoms with van der Waals surface area (Å²) in [5.74, 6) is 0.234. The highest BCUT2D eigenvalue weighted by atomic mass is 19.4. The van der Waals surface area contributed by atoms with Gasteiger partial charge in [-0.25, -0.2) is 4.98 Å². The number of aromatic nitrogens is 1. The van der Waals surface area contributed by atoms with E-state index in [1.54, 1.807) is 37.3 Å². The molecule has 8 heteroatoms. The van der Waals surface area contributed by atoms with Gasteiger partial charge in [0.05, 0.1) is 12.3 Å². The molecule has 0 unspecified atom stereocenters. The molecule has 0 aliphatic rings. The molecule has 0 fully saturated rings. The van der Waals surface area contributed by atoms with Crippen molar-refractivity contribution in [3.05, 3.63) is 48.2 Å². The molecule has 0 bridgehead atoms. The third-order valence-electron chi connectivity index (χ3n) is 2.57. The summed E-state index contributed by atoms with van der Waals surface area (Å²) < 4.78 is 48.8. The maximum Gasteiger partial charge on any atom is 0.433 e. The van der Waals surface area contributed by atoms with E-state index in [4.69, 9.17) is 15.2 Å². The number of nitrogens with two attached hydrogens (primary N) is 1. The Labute approximate surface area is 130 Å². The van der Waals surface area contributed by atoms with Crippen LogP contribution in [0.25, 0.3) is 0 Å². The molecule has 5 nitrogen and oxygen atoms in total. The van der Waals surface area contributed by atoms with E-state index >= 15 is 0 Å². The minimum atomic E-state index is -4.62. The lowest BCUT2D eigenvalue weighted by Crippen LogP contribution is -2.19. The molecule has 1 aromatic heterocycles. The van der Waals surface area contributed by atoms with Gasteiger partial charge in [-0.05, 0) is 25.1 Å². The van der Waals surface area contributed by atoms with E-state index in [-0.39, 0.29) is 24.2 Å². The smallest absolute Gasteiger partial charge is 0.433 e. The van der Waals surface area contributed by atoms with Gasteiger partial charge in [-0.1, -0.05) is 18.2 Å². The lowest BCUT2D eigenvalue weighted by Gasteiger charge is -2.10. The Bertz CT molecular complexity index is 688. The quantitative estimate of drug-likeness (QED) is 0.690. The Morgan fingerprint density at radius 1 is 1.22 bits per heavy atom. The third-order valence-corrected chi connectivity index (χ3v) is 2.57. The number of ether oxygens (including phenoxy) is 2. The molecule has 1 aromatic carbocycles. The number of rotatable bonds is 4. The summed E-state index contributed by atoms with van der Waals surface area (Å²) in [4.78, 5) is 7.21. The summed E-state index contributed by atoms with van der Waals surface area (Å²) in [5.41, 5.74) is 4.42. The van der Waals surface area contributed by atoms with Gasteiger partial charge >= 0.3 is 6.18 Å². The zero-order valence-electron chi connectivity index (χ0n) is 12.2. The summed E-state index contributed by atoms with van der Waals surface area (Å²) in [7, 11) is 0. The van der Waals surface area contributed by atoms with Crippen LogP contribution in [0.2, 0.25) is 0 Å². The summed E-state index contributed by atoms with van der Waals surface area (Å²) in [6.45, 7) is 1.81. The second-order valence-electron chi connectivity index (χ2n) is 4.34. The fraction of sp³-hybridized carbons (Fsp3) is 0.200. The molecule has 0 atom stereocenters. The molecule has 2 rings (SSSR count). The fourth-order valence-corrected chi connectivity index (χ4v) is 1.68. The van der Waals surface area contributed by atoms with Crippen molar-refractivity contribution in [1.82, 2.24) is 4.98 Å². The lowest BCUT2D eigenvalue weighted by molar-refractivity contribution is -0.141. The summed E-state index contributed by atoms with van der Waals surface area (Å²) in [5, 5.41) is 0. The third kappa shape index (κ3) is 4.87. The molecular formula is C15H14F3N3O2.